The van der Waals surface area contributed by atoms with Gasteiger partial charge in [0, 0.05) is 43.1 Å². The van der Waals surface area contributed by atoms with Gasteiger partial charge < -0.3 is 0 Å². The fourth-order valence-electron chi connectivity index (χ4n) is 3.87. The summed E-state index contributed by atoms with van der Waals surface area (Å²) in [6, 6.07) is 14.2. The molecule has 0 bridgehead atoms. The van der Waals surface area contributed by atoms with Gasteiger partial charge in [-0.1, -0.05) is 29.8 Å². The summed E-state index contributed by atoms with van der Waals surface area (Å²) in [5.41, 5.74) is 2.33. The average molecular weight is 464 g/mol. The maximum atomic E-state index is 13.5. The number of likely N-dealkylation sites (tertiary alicyclic amines) is 1. The molecule has 1 N–H and O–H groups in total. The molecule has 3 aromatic rings. The number of hydrogen-bond acceptors (Lipinski definition) is 3. The van der Waals surface area contributed by atoms with Gasteiger partial charge in [0.1, 0.15) is 11.6 Å². The van der Waals surface area contributed by atoms with Gasteiger partial charge in [0.15, 0.2) is 0 Å². The van der Waals surface area contributed by atoms with Gasteiger partial charge in [-0.05, 0) is 47.0 Å². The van der Waals surface area contributed by atoms with Gasteiger partial charge in [0.05, 0.1) is 12.1 Å². The Morgan fingerprint density at radius 2 is 1.81 bits per heavy atom. The van der Waals surface area contributed by atoms with Crippen LogP contribution in [0, 0.1) is 11.6 Å². The lowest BCUT2D eigenvalue weighted by molar-refractivity contribution is 0.0496. The molecule has 9 heteroatoms. The van der Waals surface area contributed by atoms with Crippen molar-refractivity contribution >= 4 is 22.9 Å². The second-order valence-electron chi connectivity index (χ2n) is 7.43. The predicted octanol–water partition coefficient (Wildman–Crippen LogP) is 4.43. The number of pyridine rings is 1. The van der Waals surface area contributed by atoms with Gasteiger partial charge in [0.2, 0.25) is 11.3 Å². The number of rotatable bonds is 7. The molecule has 2 aromatic carbocycles. The molecule has 1 unspecified atom stereocenters. The Balaban J connectivity index is 1.53. The zero-order chi connectivity index (χ0) is 22.0. The number of benzene rings is 2. The second-order valence-corrected chi connectivity index (χ2v) is 8.80. The highest BCUT2D eigenvalue weighted by atomic mass is 35.5. The molecule has 2 heterocycles. The summed E-state index contributed by atoms with van der Waals surface area (Å²) < 4.78 is 50.2. The molecule has 1 fully saturated rings. The predicted molar refractivity (Wildman–Crippen MR) is 116 cm³/mol. The van der Waals surface area contributed by atoms with E-state index in [0.29, 0.717) is 23.7 Å². The first-order valence-corrected chi connectivity index (χ1v) is 11.1. The Bertz CT molecular complexity index is 1050. The van der Waals surface area contributed by atoms with Crippen LogP contribution >= 0.6 is 11.6 Å². The minimum absolute atomic E-state index is 0.0329. The van der Waals surface area contributed by atoms with Gasteiger partial charge in [0.25, 0.3) is 0 Å². The Hall–Kier alpha value is -2.23. The zero-order valence-corrected chi connectivity index (χ0v) is 17.9. The fourth-order valence-corrected chi connectivity index (χ4v) is 4.65. The highest BCUT2D eigenvalue weighted by Gasteiger charge is 2.39. The van der Waals surface area contributed by atoms with Crippen LogP contribution in [0.5, 0.6) is 0 Å². The molecule has 1 aromatic heterocycles. The molecule has 1 saturated heterocycles. The van der Waals surface area contributed by atoms with Crippen LogP contribution in [-0.4, -0.2) is 42.1 Å². The van der Waals surface area contributed by atoms with E-state index in [9.17, 15) is 17.5 Å². The van der Waals surface area contributed by atoms with Crippen LogP contribution in [0.25, 0.3) is 0 Å². The van der Waals surface area contributed by atoms with Crippen molar-refractivity contribution < 1.29 is 17.5 Å². The van der Waals surface area contributed by atoms with Crippen LogP contribution in [0.1, 0.15) is 22.7 Å². The third kappa shape index (κ3) is 5.16. The minimum atomic E-state index is -2.28. The molecule has 1 aliphatic heterocycles. The van der Waals surface area contributed by atoms with Crippen molar-refractivity contribution in [2.45, 2.75) is 18.6 Å². The lowest BCUT2D eigenvalue weighted by atomic mass is 9.94. The van der Waals surface area contributed by atoms with Crippen LogP contribution in [0.4, 0.5) is 8.78 Å². The van der Waals surface area contributed by atoms with Crippen molar-refractivity contribution in [3.8, 4) is 0 Å². The van der Waals surface area contributed by atoms with Crippen LogP contribution in [0.15, 0.2) is 67.0 Å². The van der Waals surface area contributed by atoms with Crippen molar-refractivity contribution in [3.05, 3.63) is 100 Å². The molecule has 31 heavy (non-hydrogen) atoms. The zero-order valence-electron chi connectivity index (χ0n) is 16.4. The molecule has 0 amide bonds. The summed E-state index contributed by atoms with van der Waals surface area (Å²) in [4.78, 5) is 6.38. The van der Waals surface area contributed by atoms with Crippen molar-refractivity contribution in [1.82, 2.24) is 14.2 Å². The fraction of sp³-hybridized carbons (Fsp3) is 0.227. The SMILES string of the molecule is O=S(O)N(Cc1cc(F)cc(F)c1)C1CN([C@H](c2ccc(Cl)cc2)c2cccnc2)C1. The van der Waals surface area contributed by atoms with Gasteiger partial charge in [-0.3, -0.25) is 14.4 Å². The topological polar surface area (TPSA) is 56.7 Å². The number of hydrogen-bond donors (Lipinski definition) is 1. The van der Waals surface area contributed by atoms with E-state index in [1.54, 1.807) is 12.4 Å². The summed E-state index contributed by atoms with van der Waals surface area (Å²) in [6.45, 7) is 0.980. The van der Waals surface area contributed by atoms with Crippen LogP contribution in [0.2, 0.25) is 5.02 Å². The number of aromatic nitrogens is 1. The molecule has 1 aliphatic rings. The molecular formula is C22H20ClF2N3O2S. The maximum absolute atomic E-state index is 13.5. The summed E-state index contributed by atoms with van der Waals surface area (Å²) >= 11 is 3.76. The smallest absolute Gasteiger partial charge is 0.235 e. The first-order valence-electron chi connectivity index (χ1n) is 9.63. The molecule has 2 atom stereocenters. The van der Waals surface area contributed by atoms with Gasteiger partial charge in [-0.2, -0.15) is 4.31 Å². The number of halogens is 3. The van der Waals surface area contributed by atoms with E-state index in [1.165, 1.54) is 16.4 Å². The van der Waals surface area contributed by atoms with Crippen LogP contribution in [0.3, 0.4) is 0 Å². The molecule has 0 saturated carbocycles. The first-order chi connectivity index (χ1) is 14.9. The van der Waals surface area contributed by atoms with E-state index in [-0.39, 0.29) is 18.6 Å². The normalized spacial score (nSPS) is 16.8. The van der Waals surface area contributed by atoms with E-state index >= 15 is 0 Å². The summed E-state index contributed by atoms with van der Waals surface area (Å²) in [5, 5.41) is 0.638. The van der Waals surface area contributed by atoms with Crippen molar-refractivity contribution in [2.75, 3.05) is 13.1 Å². The lowest BCUT2D eigenvalue weighted by Crippen LogP contribution is -2.60. The third-order valence-electron chi connectivity index (χ3n) is 5.31. The van der Waals surface area contributed by atoms with Crippen LogP contribution < -0.4 is 0 Å². The van der Waals surface area contributed by atoms with Crippen LogP contribution in [-0.2, 0) is 17.8 Å². The molecule has 5 nitrogen and oxygen atoms in total. The highest BCUT2D eigenvalue weighted by molar-refractivity contribution is 7.76. The second kappa shape index (κ2) is 9.50. The lowest BCUT2D eigenvalue weighted by Gasteiger charge is -2.47. The van der Waals surface area contributed by atoms with Crippen molar-refractivity contribution in [1.29, 1.82) is 0 Å². The summed E-state index contributed by atoms with van der Waals surface area (Å²) in [6.07, 6.45) is 3.50. The van der Waals surface area contributed by atoms with Crippen molar-refractivity contribution in [3.63, 3.8) is 0 Å². The number of nitrogens with zero attached hydrogens (tertiary/aromatic N) is 3. The molecule has 162 valence electrons. The highest BCUT2D eigenvalue weighted by Crippen LogP contribution is 2.34. The minimum Gasteiger partial charge on any atom is -0.294 e. The average Bonchev–Trinajstić information content (AvgIpc) is 2.70. The van der Waals surface area contributed by atoms with E-state index in [1.807, 2.05) is 36.4 Å². The molecule has 0 spiro atoms. The Kier molecular flexibility index (Phi) is 6.74. The summed E-state index contributed by atoms with van der Waals surface area (Å²) in [5.74, 6) is -1.43. The van der Waals surface area contributed by atoms with E-state index in [0.717, 1.165) is 17.2 Å². The monoisotopic (exact) mass is 463 g/mol. The van der Waals surface area contributed by atoms with Gasteiger partial charge in [-0.15, -0.1) is 0 Å². The molecule has 4 rings (SSSR count). The van der Waals surface area contributed by atoms with Gasteiger partial charge in [-0.25, -0.2) is 13.0 Å². The molecule has 0 aliphatic carbocycles. The first kappa shape index (κ1) is 22.0. The standard InChI is InChI=1S/C22H20ClF2N3O2S/c23-18-5-3-16(4-6-18)22(17-2-1-7-26-11-17)27-13-21(14-27)28(31(29)30)12-15-8-19(24)10-20(25)9-15/h1-11,21-22H,12-14H2,(H,29,30)/t22-/m1/s1. The third-order valence-corrected chi connectivity index (χ3v) is 6.39. The Morgan fingerprint density at radius 3 is 2.39 bits per heavy atom. The largest absolute Gasteiger partial charge is 0.294 e. The van der Waals surface area contributed by atoms with E-state index in [4.69, 9.17) is 11.6 Å². The van der Waals surface area contributed by atoms with E-state index < -0.39 is 22.9 Å². The Morgan fingerprint density at radius 1 is 1.13 bits per heavy atom. The van der Waals surface area contributed by atoms with Gasteiger partial charge >= 0.3 is 0 Å². The van der Waals surface area contributed by atoms with Crippen molar-refractivity contribution in [2.24, 2.45) is 0 Å². The maximum Gasteiger partial charge on any atom is 0.235 e. The summed E-state index contributed by atoms with van der Waals surface area (Å²) in [7, 11) is 0. The molecular weight excluding hydrogens is 444 g/mol. The Labute approximate surface area is 186 Å². The molecule has 0 radical (unpaired) electrons. The van der Waals surface area contributed by atoms with E-state index in [2.05, 4.69) is 9.88 Å². The quantitative estimate of drug-likeness (QED) is 0.527.